The Morgan fingerprint density at radius 3 is 2.38 bits per heavy atom. The SMILES string of the molecule is NC(=O)C(=O)NNC(=O)c1ccc(OCc2ccccc2)c(Cl)c1. The highest BCUT2D eigenvalue weighted by Crippen LogP contribution is 2.26. The molecule has 24 heavy (non-hydrogen) atoms. The Labute approximate surface area is 142 Å². The number of carbonyl (C=O) groups excluding carboxylic acids is 3. The number of carbonyl (C=O) groups is 3. The summed E-state index contributed by atoms with van der Waals surface area (Å²) in [5.41, 5.74) is 9.82. The lowest BCUT2D eigenvalue weighted by molar-refractivity contribution is -0.137. The van der Waals surface area contributed by atoms with Crippen molar-refractivity contribution in [1.29, 1.82) is 0 Å². The number of rotatable bonds is 4. The van der Waals surface area contributed by atoms with Gasteiger partial charge in [0, 0.05) is 5.56 Å². The number of hydrazine groups is 1. The van der Waals surface area contributed by atoms with Crippen LogP contribution in [0, 0.1) is 0 Å². The smallest absolute Gasteiger partial charge is 0.327 e. The largest absolute Gasteiger partial charge is 0.487 e. The Balaban J connectivity index is 1.97. The maximum atomic E-state index is 11.8. The molecule has 0 bridgehead atoms. The van der Waals surface area contributed by atoms with E-state index >= 15 is 0 Å². The molecule has 7 nitrogen and oxygen atoms in total. The Kier molecular flexibility index (Phi) is 5.75. The minimum Gasteiger partial charge on any atom is -0.487 e. The van der Waals surface area contributed by atoms with Gasteiger partial charge < -0.3 is 10.5 Å². The molecule has 0 radical (unpaired) electrons. The highest BCUT2D eigenvalue weighted by atomic mass is 35.5. The number of benzene rings is 2. The zero-order chi connectivity index (χ0) is 17.5. The van der Waals surface area contributed by atoms with E-state index in [9.17, 15) is 14.4 Å². The lowest BCUT2D eigenvalue weighted by Crippen LogP contribution is -2.47. The summed E-state index contributed by atoms with van der Waals surface area (Å²) in [4.78, 5) is 33.4. The quantitative estimate of drug-likeness (QED) is 0.569. The molecule has 2 rings (SSSR count). The van der Waals surface area contributed by atoms with Gasteiger partial charge >= 0.3 is 11.8 Å². The highest BCUT2D eigenvalue weighted by molar-refractivity contribution is 6.34. The van der Waals surface area contributed by atoms with Crippen LogP contribution in [-0.2, 0) is 16.2 Å². The van der Waals surface area contributed by atoms with E-state index in [4.69, 9.17) is 22.1 Å². The predicted molar refractivity (Wildman–Crippen MR) is 87.0 cm³/mol. The first-order valence-electron chi connectivity index (χ1n) is 6.84. The fourth-order valence-electron chi connectivity index (χ4n) is 1.74. The minimum absolute atomic E-state index is 0.178. The van der Waals surface area contributed by atoms with Gasteiger partial charge in [0.05, 0.1) is 5.02 Å². The second-order valence-corrected chi connectivity index (χ2v) is 5.10. The van der Waals surface area contributed by atoms with Crippen molar-refractivity contribution >= 4 is 29.3 Å². The van der Waals surface area contributed by atoms with E-state index in [0.717, 1.165) is 5.56 Å². The molecule has 0 aliphatic rings. The van der Waals surface area contributed by atoms with Crippen molar-refractivity contribution in [3.8, 4) is 5.75 Å². The van der Waals surface area contributed by atoms with Gasteiger partial charge in [-0.15, -0.1) is 0 Å². The maximum absolute atomic E-state index is 11.8. The van der Waals surface area contributed by atoms with E-state index in [1.807, 2.05) is 41.2 Å². The number of halogens is 1. The van der Waals surface area contributed by atoms with Gasteiger partial charge in [0.25, 0.3) is 5.91 Å². The van der Waals surface area contributed by atoms with Crippen molar-refractivity contribution in [3.63, 3.8) is 0 Å². The maximum Gasteiger partial charge on any atom is 0.327 e. The number of nitrogens with two attached hydrogens (primary N) is 1. The normalized spacial score (nSPS) is 9.88. The van der Waals surface area contributed by atoms with Crippen molar-refractivity contribution in [1.82, 2.24) is 10.9 Å². The number of hydrogen-bond donors (Lipinski definition) is 3. The monoisotopic (exact) mass is 347 g/mol. The topological polar surface area (TPSA) is 111 Å². The van der Waals surface area contributed by atoms with Crippen LogP contribution in [0.1, 0.15) is 15.9 Å². The summed E-state index contributed by atoms with van der Waals surface area (Å²) in [6.45, 7) is 0.334. The van der Waals surface area contributed by atoms with Gasteiger partial charge in [-0.25, -0.2) is 0 Å². The zero-order valence-corrected chi connectivity index (χ0v) is 13.2. The summed E-state index contributed by atoms with van der Waals surface area (Å²) in [7, 11) is 0. The summed E-state index contributed by atoms with van der Waals surface area (Å²) in [5.74, 6) is -2.57. The summed E-state index contributed by atoms with van der Waals surface area (Å²) in [5, 5.41) is 0.236. The van der Waals surface area contributed by atoms with E-state index in [1.165, 1.54) is 18.2 Å². The summed E-state index contributed by atoms with van der Waals surface area (Å²) >= 11 is 6.09. The molecule has 3 amide bonds. The van der Waals surface area contributed by atoms with Gasteiger partial charge in [0.15, 0.2) is 0 Å². The lowest BCUT2D eigenvalue weighted by atomic mass is 10.2. The van der Waals surface area contributed by atoms with Crippen LogP contribution in [0.4, 0.5) is 0 Å². The number of ether oxygens (including phenoxy) is 1. The van der Waals surface area contributed by atoms with Crippen molar-refractivity contribution in [2.75, 3.05) is 0 Å². The molecular weight excluding hydrogens is 334 g/mol. The molecule has 0 aromatic heterocycles. The van der Waals surface area contributed by atoms with E-state index in [0.29, 0.717) is 12.4 Å². The van der Waals surface area contributed by atoms with Crippen LogP contribution in [0.5, 0.6) is 5.75 Å². The van der Waals surface area contributed by atoms with Crippen molar-refractivity contribution in [2.45, 2.75) is 6.61 Å². The average Bonchev–Trinajstić information content (AvgIpc) is 2.59. The fraction of sp³-hybridized carbons (Fsp3) is 0.0625. The molecule has 0 saturated carbocycles. The summed E-state index contributed by atoms with van der Waals surface area (Å²) in [6.07, 6.45) is 0. The summed E-state index contributed by atoms with van der Waals surface area (Å²) in [6, 6.07) is 13.9. The van der Waals surface area contributed by atoms with Crippen LogP contribution in [0.25, 0.3) is 0 Å². The standard InChI is InChI=1S/C16H14ClN3O4/c17-12-8-11(15(22)19-20-16(23)14(18)21)6-7-13(12)24-9-10-4-2-1-3-5-10/h1-8H,9H2,(H2,18,21)(H,19,22)(H,20,23). The molecule has 0 heterocycles. The lowest BCUT2D eigenvalue weighted by Gasteiger charge is -2.10. The predicted octanol–water partition coefficient (Wildman–Crippen LogP) is 1.17. The van der Waals surface area contributed by atoms with Gasteiger partial charge in [-0.2, -0.15) is 0 Å². The first kappa shape index (κ1) is 17.3. The van der Waals surface area contributed by atoms with Crippen LogP contribution in [-0.4, -0.2) is 17.7 Å². The molecule has 0 atom stereocenters. The highest BCUT2D eigenvalue weighted by Gasteiger charge is 2.13. The molecule has 0 aliphatic carbocycles. The molecule has 0 spiro atoms. The zero-order valence-electron chi connectivity index (χ0n) is 12.4. The van der Waals surface area contributed by atoms with Crippen LogP contribution in [0.15, 0.2) is 48.5 Å². The van der Waals surface area contributed by atoms with Crippen molar-refractivity contribution in [2.24, 2.45) is 5.73 Å². The van der Waals surface area contributed by atoms with Gasteiger partial charge in [0.2, 0.25) is 0 Å². The van der Waals surface area contributed by atoms with E-state index in [-0.39, 0.29) is 10.6 Å². The third kappa shape index (κ3) is 4.72. The van der Waals surface area contributed by atoms with Crippen LogP contribution >= 0.6 is 11.6 Å². The minimum atomic E-state index is -1.21. The van der Waals surface area contributed by atoms with Gasteiger partial charge in [-0.05, 0) is 23.8 Å². The summed E-state index contributed by atoms with van der Waals surface area (Å²) < 4.78 is 5.59. The number of primary amides is 1. The fourth-order valence-corrected chi connectivity index (χ4v) is 1.98. The molecule has 2 aromatic rings. The van der Waals surface area contributed by atoms with Gasteiger partial charge in [0.1, 0.15) is 12.4 Å². The van der Waals surface area contributed by atoms with Crippen molar-refractivity contribution < 1.29 is 19.1 Å². The third-order valence-electron chi connectivity index (χ3n) is 2.94. The molecule has 2 aromatic carbocycles. The Morgan fingerprint density at radius 2 is 1.75 bits per heavy atom. The molecule has 0 saturated heterocycles. The Bertz CT molecular complexity index is 765. The first-order valence-corrected chi connectivity index (χ1v) is 7.21. The third-order valence-corrected chi connectivity index (χ3v) is 3.24. The van der Waals surface area contributed by atoms with Crippen LogP contribution in [0.3, 0.4) is 0 Å². The Morgan fingerprint density at radius 1 is 1.04 bits per heavy atom. The number of nitrogens with one attached hydrogen (secondary N) is 2. The average molecular weight is 348 g/mol. The van der Waals surface area contributed by atoms with E-state index < -0.39 is 17.7 Å². The Hall–Kier alpha value is -3.06. The molecular formula is C16H14ClN3O4. The molecule has 4 N–H and O–H groups in total. The van der Waals surface area contributed by atoms with Gasteiger partial charge in [-0.3, -0.25) is 25.2 Å². The molecule has 0 aliphatic heterocycles. The van der Waals surface area contributed by atoms with E-state index in [2.05, 4.69) is 0 Å². The molecule has 0 unspecified atom stereocenters. The second-order valence-electron chi connectivity index (χ2n) is 4.69. The second kappa shape index (κ2) is 7.98. The molecule has 0 fully saturated rings. The van der Waals surface area contributed by atoms with Crippen molar-refractivity contribution in [3.05, 3.63) is 64.7 Å². The molecule has 124 valence electrons. The van der Waals surface area contributed by atoms with Crippen LogP contribution < -0.4 is 21.3 Å². The number of amides is 3. The van der Waals surface area contributed by atoms with Crippen LogP contribution in [0.2, 0.25) is 5.02 Å². The molecule has 8 heteroatoms. The first-order chi connectivity index (χ1) is 11.5. The van der Waals surface area contributed by atoms with E-state index in [1.54, 1.807) is 0 Å². The number of hydrogen-bond acceptors (Lipinski definition) is 4. The van der Waals surface area contributed by atoms with Gasteiger partial charge in [-0.1, -0.05) is 41.9 Å².